The van der Waals surface area contributed by atoms with Gasteiger partial charge in [-0.2, -0.15) is 0 Å². The lowest BCUT2D eigenvalue weighted by Crippen LogP contribution is -2.09. The van der Waals surface area contributed by atoms with Crippen molar-refractivity contribution in [2.75, 3.05) is 13.7 Å². The van der Waals surface area contributed by atoms with Gasteiger partial charge in [0.25, 0.3) is 6.47 Å². The van der Waals surface area contributed by atoms with Gasteiger partial charge in [-0.25, -0.2) is 0 Å². The van der Waals surface area contributed by atoms with Crippen molar-refractivity contribution in [3.63, 3.8) is 0 Å². The molecule has 2 unspecified atom stereocenters. The first kappa shape index (κ1) is 26.8. The van der Waals surface area contributed by atoms with E-state index in [1.807, 2.05) is 18.2 Å². The first-order chi connectivity index (χ1) is 13.5. The van der Waals surface area contributed by atoms with Crippen LogP contribution in [-0.4, -0.2) is 30.7 Å². The van der Waals surface area contributed by atoms with E-state index in [0.717, 1.165) is 37.2 Å². The fourth-order valence-corrected chi connectivity index (χ4v) is 3.45. The second kappa shape index (κ2) is 17.8. The van der Waals surface area contributed by atoms with E-state index in [1.165, 1.54) is 19.3 Å². The number of hydrogen-bond donors (Lipinski definition) is 1. The molecule has 1 aromatic carbocycles. The Morgan fingerprint density at radius 3 is 2.54 bits per heavy atom. The minimum atomic E-state index is -0.250. The summed E-state index contributed by atoms with van der Waals surface area (Å²) in [6.07, 6.45) is 11.5. The average molecular weight is 433 g/mol. The van der Waals surface area contributed by atoms with Crippen molar-refractivity contribution in [2.45, 2.75) is 64.4 Å². The van der Waals surface area contributed by atoms with E-state index in [-0.39, 0.29) is 6.47 Å². The highest BCUT2D eigenvalue weighted by Gasteiger charge is 2.23. The van der Waals surface area contributed by atoms with E-state index in [9.17, 15) is 0 Å². The molecule has 0 aromatic heterocycles. The van der Waals surface area contributed by atoms with Gasteiger partial charge >= 0.3 is 0 Å². The van der Waals surface area contributed by atoms with E-state index in [0.29, 0.717) is 22.9 Å². The lowest BCUT2D eigenvalue weighted by atomic mass is 10.1. The van der Waals surface area contributed by atoms with Crippen molar-refractivity contribution in [3.8, 4) is 5.75 Å². The molecular weight excluding hydrogens is 399 g/mol. The Balaban J connectivity index is 0.000000612. The Morgan fingerprint density at radius 1 is 1.29 bits per heavy atom. The Morgan fingerprint density at radius 2 is 2.00 bits per heavy atom. The van der Waals surface area contributed by atoms with Crippen molar-refractivity contribution >= 4 is 29.7 Å². The third kappa shape index (κ3) is 13.9. The molecule has 1 N–H and O–H groups in total. The number of unbranched alkanes of at least 4 members (excludes halogenated alkanes) is 2. The van der Waals surface area contributed by atoms with Crippen molar-refractivity contribution in [2.24, 2.45) is 5.92 Å². The van der Waals surface area contributed by atoms with Gasteiger partial charge < -0.3 is 14.6 Å². The molecule has 0 amide bonds. The number of halogens is 2. The second-order valence-corrected chi connectivity index (χ2v) is 7.69. The standard InChI is InChI=1S/C14H18Cl2O2.C7H14.CH2O2/c1-17-8-11-5-13(16)7-14(6-11)18-9-10-2-3-12(15)4-10;1-3-5-7-6-4-2;2-1-3/h5-7,10,12H,2-4,8-9H2,1H3;3,5H,4,6-7H2,1-2H3;1H,(H,2,3)/b;5-3-;. The summed E-state index contributed by atoms with van der Waals surface area (Å²) in [5.74, 6) is 1.38. The summed E-state index contributed by atoms with van der Waals surface area (Å²) in [4.78, 5) is 8.36. The van der Waals surface area contributed by atoms with Gasteiger partial charge in [-0.1, -0.05) is 43.5 Å². The summed E-state index contributed by atoms with van der Waals surface area (Å²) in [5.41, 5.74) is 1.03. The molecule has 0 spiro atoms. The van der Waals surface area contributed by atoms with Crippen LogP contribution >= 0.6 is 23.2 Å². The normalized spacial score (nSPS) is 18.0. The minimum Gasteiger partial charge on any atom is -0.493 e. The van der Waals surface area contributed by atoms with Crippen molar-refractivity contribution in [1.29, 1.82) is 0 Å². The summed E-state index contributed by atoms with van der Waals surface area (Å²) in [6.45, 7) is 5.29. The molecule has 0 radical (unpaired) electrons. The molecule has 0 heterocycles. The van der Waals surface area contributed by atoms with Crippen LogP contribution in [0.5, 0.6) is 5.75 Å². The van der Waals surface area contributed by atoms with Gasteiger partial charge in [0.1, 0.15) is 5.75 Å². The van der Waals surface area contributed by atoms with Crippen LogP contribution in [0.2, 0.25) is 5.02 Å². The molecule has 160 valence electrons. The maximum absolute atomic E-state index is 8.36. The molecule has 0 bridgehead atoms. The molecule has 2 atom stereocenters. The Kier molecular flexibility index (Phi) is 17.1. The smallest absolute Gasteiger partial charge is 0.290 e. The number of benzene rings is 1. The summed E-state index contributed by atoms with van der Waals surface area (Å²) in [6, 6.07) is 5.71. The molecule has 4 nitrogen and oxygen atoms in total. The number of carboxylic acid groups (broad SMARTS) is 1. The molecule has 1 saturated carbocycles. The number of methoxy groups -OCH3 is 1. The van der Waals surface area contributed by atoms with Gasteiger partial charge in [0, 0.05) is 17.5 Å². The van der Waals surface area contributed by atoms with E-state index < -0.39 is 0 Å². The number of rotatable bonds is 8. The van der Waals surface area contributed by atoms with Gasteiger partial charge in [0.2, 0.25) is 0 Å². The largest absolute Gasteiger partial charge is 0.493 e. The monoisotopic (exact) mass is 432 g/mol. The quantitative estimate of drug-likeness (QED) is 0.214. The maximum atomic E-state index is 8.36. The lowest BCUT2D eigenvalue weighted by molar-refractivity contribution is -0.122. The Hall–Kier alpha value is -1.23. The molecule has 1 aliphatic rings. The van der Waals surface area contributed by atoms with Crippen LogP contribution in [0.4, 0.5) is 0 Å². The van der Waals surface area contributed by atoms with Crippen molar-refractivity contribution < 1.29 is 19.4 Å². The fourth-order valence-electron chi connectivity index (χ4n) is 2.82. The van der Waals surface area contributed by atoms with Crippen molar-refractivity contribution in [3.05, 3.63) is 40.9 Å². The molecular formula is C22H34Cl2O4. The molecule has 1 aliphatic carbocycles. The maximum Gasteiger partial charge on any atom is 0.290 e. The number of allylic oxidation sites excluding steroid dienone is 2. The third-order valence-corrected chi connectivity index (χ3v) is 4.78. The zero-order valence-electron chi connectivity index (χ0n) is 17.2. The lowest BCUT2D eigenvalue weighted by Gasteiger charge is -2.13. The average Bonchev–Trinajstić information content (AvgIpc) is 3.07. The first-order valence-corrected chi connectivity index (χ1v) is 10.6. The molecule has 1 aromatic rings. The van der Waals surface area contributed by atoms with E-state index in [4.69, 9.17) is 42.6 Å². The van der Waals surface area contributed by atoms with E-state index in [2.05, 4.69) is 26.0 Å². The number of hydrogen-bond acceptors (Lipinski definition) is 3. The highest BCUT2D eigenvalue weighted by atomic mass is 35.5. The number of alkyl halides is 1. The molecule has 28 heavy (non-hydrogen) atoms. The van der Waals surface area contributed by atoms with Crippen molar-refractivity contribution in [1.82, 2.24) is 0 Å². The highest BCUT2D eigenvalue weighted by Crippen LogP contribution is 2.30. The van der Waals surface area contributed by atoms with Crippen LogP contribution in [0.1, 0.15) is 57.9 Å². The minimum absolute atomic E-state index is 0.250. The van der Waals surface area contributed by atoms with Gasteiger partial charge in [-0.15, -0.1) is 11.6 Å². The number of ether oxygens (including phenoxy) is 2. The van der Waals surface area contributed by atoms with E-state index in [1.54, 1.807) is 7.11 Å². The van der Waals surface area contributed by atoms with Crippen LogP contribution in [0.15, 0.2) is 30.4 Å². The van der Waals surface area contributed by atoms with Crippen LogP contribution in [0, 0.1) is 5.92 Å². The van der Waals surface area contributed by atoms with Gasteiger partial charge in [0.05, 0.1) is 13.2 Å². The van der Waals surface area contributed by atoms with Crippen LogP contribution in [-0.2, 0) is 16.1 Å². The van der Waals surface area contributed by atoms with Crippen LogP contribution < -0.4 is 4.74 Å². The fraction of sp³-hybridized carbons (Fsp3) is 0.591. The van der Waals surface area contributed by atoms with Gasteiger partial charge in [0.15, 0.2) is 0 Å². The molecule has 2 rings (SSSR count). The predicted molar refractivity (Wildman–Crippen MR) is 118 cm³/mol. The third-order valence-electron chi connectivity index (χ3n) is 4.17. The molecule has 0 aliphatic heterocycles. The SMILES string of the molecule is C/C=C\CCCC.COCc1cc(Cl)cc(OCC2CCC(Cl)C2)c1.O=CO. The Bertz CT molecular complexity index is 549. The first-order valence-electron chi connectivity index (χ1n) is 9.74. The molecule has 6 heteroatoms. The predicted octanol–water partition coefficient (Wildman–Crippen LogP) is 6.73. The number of carbonyl (C=O) groups is 1. The van der Waals surface area contributed by atoms with E-state index >= 15 is 0 Å². The van der Waals surface area contributed by atoms with Gasteiger partial charge in [-0.05, 0) is 62.3 Å². The zero-order chi connectivity index (χ0) is 21.2. The van der Waals surface area contributed by atoms with Crippen LogP contribution in [0.3, 0.4) is 0 Å². The molecule has 1 fully saturated rings. The summed E-state index contributed by atoms with van der Waals surface area (Å²) in [5, 5.41) is 7.89. The molecule has 0 saturated heterocycles. The zero-order valence-corrected chi connectivity index (χ0v) is 18.7. The summed E-state index contributed by atoms with van der Waals surface area (Å²) in [7, 11) is 1.67. The summed E-state index contributed by atoms with van der Waals surface area (Å²) < 4.78 is 10.9. The van der Waals surface area contributed by atoms with Crippen LogP contribution in [0.25, 0.3) is 0 Å². The van der Waals surface area contributed by atoms with Gasteiger partial charge in [-0.3, -0.25) is 4.79 Å². The Labute approximate surface area is 179 Å². The topological polar surface area (TPSA) is 55.8 Å². The second-order valence-electron chi connectivity index (χ2n) is 6.63. The highest BCUT2D eigenvalue weighted by molar-refractivity contribution is 6.30. The summed E-state index contributed by atoms with van der Waals surface area (Å²) >= 11 is 12.1.